The molecular formula is C19H19N2O2S. The first-order valence-electron chi connectivity index (χ1n) is 8.00. The molecule has 123 valence electrons. The summed E-state index contributed by atoms with van der Waals surface area (Å²) in [5.74, 6) is 0.808. The predicted molar refractivity (Wildman–Crippen MR) is 96.0 cm³/mol. The van der Waals surface area contributed by atoms with Crippen LogP contribution in [-0.4, -0.2) is 22.5 Å². The number of para-hydroxylation sites is 1. The van der Waals surface area contributed by atoms with Gasteiger partial charge in [0.05, 0.1) is 4.88 Å². The Kier molecular flexibility index (Phi) is 5.56. The number of ether oxygens (including phenoxy) is 2. The molecular weight excluding hydrogens is 320 g/mol. The standard InChI is InChI=1S/C19H19N2O2S/c1-3-19(22-4-2)23-17-12-8-7-10-15(17)14-9-5-6-11-16(14)18-13-20-21-24-18/h5-12,19H,3-4H2,1-2H3. The quantitative estimate of drug-likeness (QED) is 0.579. The van der Waals surface area contributed by atoms with Crippen LogP contribution in [0.2, 0.25) is 0 Å². The van der Waals surface area contributed by atoms with E-state index in [1.807, 2.05) is 37.3 Å². The number of rotatable bonds is 7. The fourth-order valence-electron chi connectivity index (χ4n) is 2.53. The van der Waals surface area contributed by atoms with Gasteiger partial charge >= 0.3 is 0 Å². The Labute approximate surface area is 146 Å². The third kappa shape index (κ3) is 3.63. The number of benzene rings is 2. The van der Waals surface area contributed by atoms with Crippen LogP contribution in [0.5, 0.6) is 5.75 Å². The highest BCUT2D eigenvalue weighted by molar-refractivity contribution is 7.09. The maximum atomic E-state index is 6.10. The highest BCUT2D eigenvalue weighted by atomic mass is 32.1. The molecule has 0 N–H and O–H groups in total. The molecule has 1 atom stereocenters. The molecule has 1 heterocycles. The molecule has 0 saturated carbocycles. The second-order valence-corrected chi connectivity index (χ2v) is 5.92. The highest BCUT2D eigenvalue weighted by Gasteiger charge is 2.15. The lowest BCUT2D eigenvalue weighted by Crippen LogP contribution is -2.19. The first-order valence-corrected chi connectivity index (χ1v) is 8.78. The summed E-state index contributed by atoms with van der Waals surface area (Å²) in [6.45, 7) is 4.65. The maximum Gasteiger partial charge on any atom is 0.199 e. The lowest BCUT2D eigenvalue weighted by molar-refractivity contribution is -0.0763. The Morgan fingerprint density at radius 3 is 2.38 bits per heavy atom. The fraction of sp³-hybridized carbons (Fsp3) is 0.263. The molecule has 0 aliphatic heterocycles. The Bertz CT molecular complexity index is 775. The van der Waals surface area contributed by atoms with Gasteiger partial charge in [0.2, 0.25) is 0 Å². The number of aromatic nitrogens is 2. The molecule has 0 aliphatic carbocycles. The molecule has 1 unspecified atom stereocenters. The highest BCUT2D eigenvalue weighted by Crippen LogP contribution is 2.38. The maximum absolute atomic E-state index is 6.10. The second kappa shape index (κ2) is 8.04. The Hall–Kier alpha value is -2.24. The minimum absolute atomic E-state index is 0.250. The van der Waals surface area contributed by atoms with E-state index < -0.39 is 0 Å². The molecule has 0 fully saturated rings. The third-order valence-corrected chi connectivity index (χ3v) is 4.27. The molecule has 24 heavy (non-hydrogen) atoms. The first-order chi connectivity index (χ1) is 11.8. The van der Waals surface area contributed by atoms with Crippen molar-refractivity contribution in [2.24, 2.45) is 0 Å². The number of hydrogen-bond acceptors (Lipinski definition) is 5. The average molecular weight is 339 g/mol. The molecule has 2 aromatic carbocycles. The Morgan fingerprint density at radius 2 is 1.71 bits per heavy atom. The minimum Gasteiger partial charge on any atom is -0.464 e. The van der Waals surface area contributed by atoms with E-state index in [4.69, 9.17) is 9.47 Å². The topological polar surface area (TPSA) is 44.2 Å². The zero-order chi connectivity index (χ0) is 16.8. The van der Waals surface area contributed by atoms with Crippen LogP contribution in [0.3, 0.4) is 0 Å². The summed E-state index contributed by atoms with van der Waals surface area (Å²) < 4.78 is 15.7. The Morgan fingerprint density at radius 1 is 1.00 bits per heavy atom. The van der Waals surface area contributed by atoms with Crippen LogP contribution >= 0.6 is 11.5 Å². The molecule has 1 aromatic heterocycles. The summed E-state index contributed by atoms with van der Waals surface area (Å²) in [5, 5.41) is 3.83. The smallest absolute Gasteiger partial charge is 0.199 e. The molecule has 3 rings (SSSR count). The van der Waals surface area contributed by atoms with E-state index in [0.29, 0.717) is 6.61 Å². The van der Waals surface area contributed by atoms with Crippen molar-refractivity contribution in [3.8, 4) is 27.3 Å². The normalized spacial score (nSPS) is 12.1. The van der Waals surface area contributed by atoms with E-state index in [9.17, 15) is 0 Å². The zero-order valence-electron chi connectivity index (χ0n) is 13.7. The van der Waals surface area contributed by atoms with Crippen LogP contribution in [0, 0.1) is 6.20 Å². The van der Waals surface area contributed by atoms with Gasteiger partial charge in [-0.3, -0.25) is 0 Å². The summed E-state index contributed by atoms with van der Waals surface area (Å²) in [6.07, 6.45) is 3.49. The molecule has 3 aromatic rings. The lowest BCUT2D eigenvalue weighted by atomic mass is 9.98. The van der Waals surface area contributed by atoms with Gasteiger partial charge in [0, 0.05) is 24.2 Å². The SMILES string of the molecule is CCOC(CC)Oc1ccccc1-c1ccccc1-c1[c]nns1. The molecule has 0 aliphatic rings. The summed E-state index contributed by atoms with van der Waals surface area (Å²) in [5.41, 5.74) is 3.14. The largest absolute Gasteiger partial charge is 0.464 e. The number of hydrogen-bond donors (Lipinski definition) is 0. The molecule has 0 spiro atoms. The van der Waals surface area contributed by atoms with Crippen molar-refractivity contribution in [2.45, 2.75) is 26.6 Å². The van der Waals surface area contributed by atoms with E-state index in [1.165, 1.54) is 11.5 Å². The predicted octanol–water partition coefficient (Wildman–Crippen LogP) is 4.82. The molecule has 4 nitrogen and oxygen atoms in total. The van der Waals surface area contributed by atoms with Gasteiger partial charge in [-0.15, -0.1) is 5.10 Å². The van der Waals surface area contributed by atoms with Gasteiger partial charge in [-0.25, -0.2) is 0 Å². The fourth-order valence-corrected chi connectivity index (χ4v) is 3.05. The van der Waals surface area contributed by atoms with Crippen molar-refractivity contribution >= 4 is 11.5 Å². The van der Waals surface area contributed by atoms with E-state index >= 15 is 0 Å². The molecule has 0 amide bonds. The summed E-state index contributed by atoms with van der Waals surface area (Å²) in [7, 11) is 0. The summed E-state index contributed by atoms with van der Waals surface area (Å²) in [4.78, 5) is 0.914. The van der Waals surface area contributed by atoms with Gasteiger partial charge in [-0.1, -0.05) is 53.9 Å². The number of nitrogens with zero attached hydrogens (tertiary/aromatic N) is 2. The van der Waals surface area contributed by atoms with E-state index in [1.54, 1.807) is 0 Å². The van der Waals surface area contributed by atoms with Crippen molar-refractivity contribution in [3.63, 3.8) is 0 Å². The van der Waals surface area contributed by atoms with Crippen molar-refractivity contribution < 1.29 is 9.47 Å². The van der Waals surface area contributed by atoms with E-state index in [0.717, 1.165) is 33.7 Å². The van der Waals surface area contributed by atoms with Gasteiger partial charge in [0.1, 0.15) is 11.9 Å². The van der Waals surface area contributed by atoms with Crippen molar-refractivity contribution in [1.82, 2.24) is 9.59 Å². The molecule has 0 saturated heterocycles. The first kappa shape index (κ1) is 16.6. The van der Waals surface area contributed by atoms with Gasteiger partial charge in [0.25, 0.3) is 0 Å². The van der Waals surface area contributed by atoms with Crippen molar-refractivity contribution in [3.05, 3.63) is 54.7 Å². The minimum atomic E-state index is -0.250. The van der Waals surface area contributed by atoms with Gasteiger partial charge in [-0.2, -0.15) is 0 Å². The van der Waals surface area contributed by atoms with Gasteiger partial charge in [-0.05, 0) is 30.1 Å². The lowest BCUT2D eigenvalue weighted by Gasteiger charge is -2.20. The molecule has 5 heteroatoms. The van der Waals surface area contributed by atoms with Crippen LogP contribution in [0.15, 0.2) is 48.5 Å². The molecule has 0 bridgehead atoms. The van der Waals surface area contributed by atoms with Gasteiger partial charge in [0.15, 0.2) is 6.29 Å². The Balaban J connectivity index is 2.02. The third-order valence-electron chi connectivity index (χ3n) is 3.62. The van der Waals surface area contributed by atoms with E-state index in [2.05, 4.69) is 40.9 Å². The van der Waals surface area contributed by atoms with Gasteiger partial charge < -0.3 is 9.47 Å². The van der Waals surface area contributed by atoms with Crippen LogP contribution in [0.1, 0.15) is 20.3 Å². The van der Waals surface area contributed by atoms with Crippen molar-refractivity contribution in [2.75, 3.05) is 6.61 Å². The van der Waals surface area contributed by atoms with Crippen LogP contribution in [-0.2, 0) is 4.74 Å². The van der Waals surface area contributed by atoms with E-state index in [-0.39, 0.29) is 6.29 Å². The second-order valence-electron chi connectivity index (χ2n) is 5.17. The average Bonchev–Trinajstić information content (AvgIpc) is 3.16. The van der Waals surface area contributed by atoms with Crippen LogP contribution in [0.25, 0.3) is 21.6 Å². The monoisotopic (exact) mass is 339 g/mol. The summed E-state index contributed by atoms with van der Waals surface area (Å²) in [6, 6.07) is 16.2. The summed E-state index contributed by atoms with van der Waals surface area (Å²) >= 11 is 1.34. The van der Waals surface area contributed by atoms with Crippen molar-refractivity contribution in [1.29, 1.82) is 0 Å². The zero-order valence-corrected chi connectivity index (χ0v) is 14.5. The molecule has 1 radical (unpaired) electrons. The van der Waals surface area contributed by atoms with Crippen LogP contribution in [0.4, 0.5) is 0 Å². The van der Waals surface area contributed by atoms with Crippen LogP contribution < -0.4 is 4.74 Å².